The molecule has 0 atom stereocenters. The zero-order valence-corrected chi connectivity index (χ0v) is 14.4. The van der Waals surface area contributed by atoms with Gasteiger partial charge in [-0.25, -0.2) is 0 Å². The van der Waals surface area contributed by atoms with Crippen LogP contribution in [0, 0.1) is 3.57 Å². The molecule has 0 saturated heterocycles. The van der Waals surface area contributed by atoms with E-state index in [0.717, 1.165) is 38.2 Å². The minimum atomic E-state index is 0.808. The highest BCUT2D eigenvalue weighted by molar-refractivity contribution is 14.1. The first kappa shape index (κ1) is 14.8. The molecular formula is C15H15BrINO. The van der Waals surface area contributed by atoms with Crippen LogP contribution in [-0.2, 0) is 6.54 Å². The smallest absolute Gasteiger partial charge is 0.140 e. The van der Waals surface area contributed by atoms with E-state index in [9.17, 15) is 0 Å². The molecule has 2 rings (SSSR count). The van der Waals surface area contributed by atoms with Crippen LogP contribution in [0.2, 0.25) is 0 Å². The van der Waals surface area contributed by atoms with E-state index in [4.69, 9.17) is 4.74 Å². The zero-order valence-electron chi connectivity index (χ0n) is 10.6. The van der Waals surface area contributed by atoms with Gasteiger partial charge in [0, 0.05) is 16.6 Å². The van der Waals surface area contributed by atoms with E-state index in [-0.39, 0.29) is 0 Å². The number of benzene rings is 2. The second-order valence-corrected chi connectivity index (χ2v) is 6.14. The summed E-state index contributed by atoms with van der Waals surface area (Å²) in [5.41, 5.74) is 1.16. The van der Waals surface area contributed by atoms with Crippen LogP contribution in [0.5, 0.6) is 11.5 Å². The molecule has 0 spiro atoms. The fourth-order valence-electron chi connectivity index (χ4n) is 1.68. The standard InChI is InChI=1S/C15H15BrINO/c1-2-18-10-11-7-8-12(16)9-15(11)19-14-6-4-3-5-13(14)17/h3-9,18H,2,10H2,1H3. The summed E-state index contributed by atoms with van der Waals surface area (Å²) in [5, 5.41) is 3.33. The van der Waals surface area contributed by atoms with Crippen molar-refractivity contribution < 1.29 is 4.74 Å². The summed E-state index contributed by atoms with van der Waals surface area (Å²) in [6.45, 7) is 3.85. The molecule has 0 amide bonds. The maximum absolute atomic E-state index is 6.04. The Hall–Kier alpha value is -0.590. The molecule has 0 aliphatic rings. The van der Waals surface area contributed by atoms with E-state index >= 15 is 0 Å². The SMILES string of the molecule is CCNCc1ccc(Br)cc1Oc1ccccc1I. The first-order chi connectivity index (χ1) is 9.20. The van der Waals surface area contributed by atoms with Gasteiger partial charge in [0.15, 0.2) is 0 Å². The van der Waals surface area contributed by atoms with Crippen molar-refractivity contribution in [3.63, 3.8) is 0 Å². The third-order valence-corrected chi connectivity index (χ3v) is 4.04. The number of hydrogen-bond acceptors (Lipinski definition) is 2. The second-order valence-electron chi connectivity index (χ2n) is 4.06. The summed E-state index contributed by atoms with van der Waals surface area (Å²) < 4.78 is 8.17. The minimum Gasteiger partial charge on any atom is -0.456 e. The molecule has 0 radical (unpaired) electrons. The van der Waals surface area contributed by atoms with Gasteiger partial charge in [-0.3, -0.25) is 0 Å². The van der Waals surface area contributed by atoms with Gasteiger partial charge < -0.3 is 10.1 Å². The maximum atomic E-state index is 6.04. The summed E-state index contributed by atoms with van der Waals surface area (Å²) >= 11 is 5.78. The Morgan fingerprint density at radius 3 is 2.68 bits per heavy atom. The van der Waals surface area contributed by atoms with Crippen LogP contribution >= 0.6 is 38.5 Å². The highest BCUT2D eigenvalue weighted by Gasteiger charge is 2.07. The summed E-state index contributed by atoms with van der Waals surface area (Å²) in [6.07, 6.45) is 0. The summed E-state index contributed by atoms with van der Waals surface area (Å²) in [7, 11) is 0. The fourth-order valence-corrected chi connectivity index (χ4v) is 2.51. The molecule has 4 heteroatoms. The molecule has 100 valence electrons. The van der Waals surface area contributed by atoms with Crippen molar-refractivity contribution in [3.8, 4) is 11.5 Å². The molecule has 0 aliphatic heterocycles. The quantitative estimate of drug-likeness (QED) is 0.676. The van der Waals surface area contributed by atoms with Crippen molar-refractivity contribution in [2.45, 2.75) is 13.5 Å². The van der Waals surface area contributed by atoms with Crippen LogP contribution in [0.3, 0.4) is 0 Å². The van der Waals surface area contributed by atoms with Crippen LogP contribution < -0.4 is 10.1 Å². The van der Waals surface area contributed by atoms with Crippen LogP contribution in [0.25, 0.3) is 0 Å². The first-order valence-corrected chi connectivity index (χ1v) is 7.99. The number of hydrogen-bond donors (Lipinski definition) is 1. The molecule has 0 fully saturated rings. The lowest BCUT2D eigenvalue weighted by Crippen LogP contribution is -2.12. The number of para-hydroxylation sites is 1. The molecule has 0 aromatic heterocycles. The van der Waals surface area contributed by atoms with Crippen molar-refractivity contribution in [1.29, 1.82) is 0 Å². The molecule has 0 bridgehead atoms. The van der Waals surface area contributed by atoms with Gasteiger partial charge in [0.25, 0.3) is 0 Å². The highest BCUT2D eigenvalue weighted by Crippen LogP contribution is 2.31. The molecule has 2 aromatic rings. The monoisotopic (exact) mass is 431 g/mol. The van der Waals surface area contributed by atoms with Crippen molar-refractivity contribution in [2.24, 2.45) is 0 Å². The van der Waals surface area contributed by atoms with Crippen LogP contribution in [-0.4, -0.2) is 6.54 Å². The second kappa shape index (κ2) is 7.26. The van der Waals surface area contributed by atoms with Gasteiger partial charge in [-0.2, -0.15) is 0 Å². The van der Waals surface area contributed by atoms with Crippen molar-refractivity contribution >= 4 is 38.5 Å². The zero-order chi connectivity index (χ0) is 13.7. The first-order valence-electron chi connectivity index (χ1n) is 6.12. The molecule has 2 nitrogen and oxygen atoms in total. The Morgan fingerprint density at radius 1 is 1.16 bits per heavy atom. The lowest BCUT2D eigenvalue weighted by molar-refractivity contribution is 0.469. The third kappa shape index (κ3) is 4.19. The number of nitrogens with one attached hydrogen (secondary N) is 1. The Balaban J connectivity index is 2.27. The van der Waals surface area contributed by atoms with E-state index < -0.39 is 0 Å². The molecule has 0 unspecified atom stereocenters. The molecule has 0 saturated carbocycles. The summed E-state index contributed by atoms with van der Waals surface area (Å²) in [4.78, 5) is 0. The largest absolute Gasteiger partial charge is 0.456 e. The predicted molar refractivity (Wildman–Crippen MR) is 90.8 cm³/mol. The van der Waals surface area contributed by atoms with E-state index in [1.54, 1.807) is 0 Å². The summed E-state index contributed by atoms with van der Waals surface area (Å²) in [6, 6.07) is 14.1. The number of rotatable bonds is 5. The van der Waals surface area contributed by atoms with Crippen molar-refractivity contribution in [2.75, 3.05) is 6.54 Å². The normalized spacial score (nSPS) is 10.5. The lowest BCUT2D eigenvalue weighted by Gasteiger charge is -2.13. The summed E-state index contributed by atoms with van der Waals surface area (Å²) in [5.74, 6) is 1.78. The molecule has 0 heterocycles. The van der Waals surface area contributed by atoms with Gasteiger partial charge in [0.1, 0.15) is 11.5 Å². The predicted octanol–water partition coefficient (Wildman–Crippen LogP) is 4.96. The fraction of sp³-hybridized carbons (Fsp3) is 0.200. The molecule has 1 N–H and O–H groups in total. The van der Waals surface area contributed by atoms with Crippen molar-refractivity contribution in [1.82, 2.24) is 5.32 Å². The van der Waals surface area contributed by atoms with Crippen LogP contribution in [0.1, 0.15) is 12.5 Å². The van der Waals surface area contributed by atoms with Crippen LogP contribution in [0.4, 0.5) is 0 Å². The van der Waals surface area contributed by atoms with Crippen molar-refractivity contribution in [3.05, 3.63) is 56.1 Å². The van der Waals surface area contributed by atoms with E-state index in [2.05, 4.69) is 56.8 Å². The minimum absolute atomic E-state index is 0.808. The Labute approximate surface area is 135 Å². The average molecular weight is 432 g/mol. The molecule has 19 heavy (non-hydrogen) atoms. The van der Waals surface area contributed by atoms with Gasteiger partial charge in [-0.1, -0.05) is 41.1 Å². The van der Waals surface area contributed by atoms with Gasteiger partial charge in [-0.05, 0) is 53.4 Å². The topological polar surface area (TPSA) is 21.3 Å². The Morgan fingerprint density at radius 2 is 1.95 bits per heavy atom. The average Bonchev–Trinajstić information content (AvgIpc) is 2.40. The molecule has 0 aliphatic carbocycles. The highest BCUT2D eigenvalue weighted by atomic mass is 127. The van der Waals surface area contributed by atoms with Crippen LogP contribution in [0.15, 0.2) is 46.9 Å². The lowest BCUT2D eigenvalue weighted by atomic mass is 10.2. The van der Waals surface area contributed by atoms with Gasteiger partial charge in [-0.15, -0.1) is 0 Å². The van der Waals surface area contributed by atoms with Gasteiger partial charge in [0.05, 0.1) is 3.57 Å². The Kier molecular flexibility index (Phi) is 5.66. The van der Waals surface area contributed by atoms with E-state index in [1.165, 1.54) is 0 Å². The van der Waals surface area contributed by atoms with Gasteiger partial charge in [0.2, 0.25) is 0 Å². The molecule has 2 aromatic carbocycles. The van der Waals surface area contributed by atoms with E-state index in [1.807, 2.05) is 36.4 Å². The number of halogens is 2. The van der Waals surface area contributed by atoms with Gasteiger partial charge >= 0.3 is 0 Å². The van der Waals surface area contributed by atoms with E-state index in [0.29, 0.717) is 0 Å². The Bertz CT molecular complexity index is 560. The number of ether oxygens (including phenoxy) is 1. The maximum Gasteiger partial charge on any atom is 0.140 e. The third-order valence-electron chi connectivity index (χ3n) is 2.65. The molecular weight excluding hydrogens is 417 g/mol.